The van der Waals surface area contributed by atoms with Crippen molar-refractivity contribution in [3.05, 3.63) is 110 Å². The highest BCUT2D eigenvalue weighted by molar-refractivity contribution is 6.26. The van der Waals surface area contributed by atoms with E-state index in [9.17, 15) is 0 Å². The van der Waals surface area contributed by atoms with E-state index in [-0.39, 0.29) is 0 Å². The van der Waals surface area contributed by atoms with Crippen LogP contribution in [0.25, 0.3) is 66.4 Å². The first-order valence-corrected chi connectivity index (χ1v) is 11.8. The average Bonchev–Trinajstić information content (AvgIpc) is 3.46. The Balaban J connectivity index is 1.61. The molecule has 0 amide bonds. The molecule has 0 saturated heterocycles. The molecule has 0 unspecified atom stereocenters. The highest BCUT2D eigenvalue weighted by atomic mass is 15.1. The van der Waals surface area contributed by atoms with Crippen LogP contribution in [-0.4, -0.2) is 29.1 Å². The van der Waals surface area contributed by atoms with Crippen molar-refractivity contribution in [3.63, 3.8) is 0 Å². The Morgan fingerprint density at radius 3 is 2.03 bits per heavy atom. The quantitative estimate of drug-likeness (QED) is 0.290. The lowest BCUT2D eigenvalue weighted by atomic mass is 10.1. The minimum absolute atomic E-state index is 0.528. The molecule has 6 nitrogen and oxygen atoms in total. The van der Waals surface area contributed by atoms with E-state index in [1.807, 2.05) is 0 Å². The molecule has 0 radical (unpaired) electrons. The average molecular weight is 463 g/mol. The van der Waals surface area contributed by atoms with Crippen molar-refractivity contribution in [2.45, 2.75) is 0 Å². The van der Waals surface area contributed by atoms with Gasteiger partial charge in [0, 0.05) is 39.6 Å². The number of para-hydroxylation sites is 3. The number of hydrogen-bond acceptors (Lipinski definition) is 4. The molecular weight excluding hydrogens is 444 g/mol. The third-order valence-electron chi connectivity index (χ3n) is 6.90. The van der Waals surface area contributed by atoms with Crippen molar-refractivity contribution in [2.75, 3.05) is 0 Å². The third-order valence-corrected chi connectivity index (χ3v) is 6.90. The molecule has 0 aliphatic rings. The Kier molecular flexibility index (Phi) is 3.85. The van der Waals surface area contributed by atoms with Crippen LogP contribution in [0, 0.1) is 0 Å². The maximum absolute atomic E-state index is 4.89. The van der Waals surface area contributed by atoms with Gasteiger partial charge in [0.1, 0.15) is 0 Å². The molecule has 168 valence electrons. The van der Waals surface area contributed by atoms with Crippen LogP contribution in [0.5, 0.6) is 0 Å². The van der Waals surface area contributed by atoms with Gasteiger partial charge in [0.25, 0.3) is 0 Å². The van der Waals surface area contributed by atoms with Gasteiger partial charge in [-0.2, -0.15) is 0 Å². The summed E-state index contributed by atoms with van der Waals surface area (Å²) >= 11 is 0. The Morgan fingerprint density at radius 1 is 0.500 bits per heavy atom. The largest absolute Gasteiger partial charge is 0.309 e. The van der Waals surface area contributed by atoms with E-state index < -0.39 is 0 Å². The zero-order chi connectivity index (χ0) is 23.6. The molecule has 0 spiro atoms. The summed E-state index contributed by atoms with van der Waals surface area (Å²) in [6.07, 6.45) is 5.08. The maximum atomic E-state index is 4.89. The topological polar surface area (TPSA) is 61.4 Å². The summed E-state index contributed by atoms with van der Waals surface area (Å²) in [6.45, 7) is 0. The third kappa shape index (κ3) is 2.55. The van der Waals surface area contributed by atoms with Crippen LogP contribution in [-0.2, 0) is 0 Å². The fourth-order valence-electron chi connectivity index (χ4n) is 5.46. The number of benzene rings is 4. The first-order valence-electron chi connectivity index (χ1n) is 11.8. The van der Waals surface area contributed by atoms with Crippen LogP contribution < -0.4 is 0 Å². The Labute approximate surface area is 205 Å². The van der Waals surface area contributed by atoms with Crippen LogP contribution >= 0.6 is 0 Å². The van der Waals surface area contributed by atoms with Gasteiger partial charge in [-0.15, -0.1) is 0 Å². The maximum Gasteiger partial charge on any atom is 0.199 e. The van der Waals surface area contributed by atoms with Gasteiger partial charge < -0.3 is 4.57 Å². The monoisotopic (exact) mass is 462 g/mol. The molecule has 0 fully saturated rings. The summed E-state index contributed by atoms with van der Waals surface area (Å²) in [5.74, 6) is 0.721. The van der Waals surface area contributed by atoms with Gasteiger partial charge in [-0.1, -0.05) is 60.7 Å². The lowest BCUT2D eigenvalue weighted by molar-refractivity contribution is 1.05. The number of rotatable bonds is 2. The van der Waals surface area contributed by atoms with Crippen LogP contribution in [0.4, 0.5) is 0 Å². The van der Waals surface area contributed by atoms with Crippen LogP contribution in [0.3, 0.4) is 0 Å². The molecule has 0 N–H and O–H groups in total. The van der Waals surface area contributed by atoms with Crippen molar-refractivity contribution in [1.29, 1.82) is 0 Å². The molecule has 0 bridgehead atoms. The van der Waals surface area contributed by atoms with Gasteiger partial charge in [0.05, 0.1) is 28.3 Å². The summed E-state index contributed by atoms with van der Waals surface area (Å²) in [5.41, 5.74) is 6.69. The van der Waals surface area contributed by atoms with Crippen LogP contribution in [0.2, 0.25) is 0 Å². The normalized spacial score (nSPS) is 11.9. The first kappa shape index (κ1) is 19.2. The lowest BCUT2D eigenvalue weighted by Crippen LogP contribution is -2.01. The van der Waals surface area contributed by atoms with Crippen molar-refractivity contribution < 1.29 is 0 Å². The molecule has 0 aliphatic heterocycles. The predicted octanol–water partition coefficient (Wildman–Crippen LogP) is 6.61. The predicted molar refractivity (Wildman–Crippen MR) is 144 cm³/mol. The SMILES string of the molecule is c1ccc(-n2c3ccccc3c3c2ccc2c4ccccc4n(-c4cnc5nccnc5n4)c23)cc1. The first-order chi connectivity index (χ1) is 17.9. The summed E-state index contributed by atoms with van der Waals surface area (Å²) in [5, 5.41) is 4.73. The minimum Gasteiger partial charge on any atom is -0.309 e. The molecule has 0 saturated carbocycles. The number of aromatic nitrogens is 6. The highest BCUT2D eigenvalue weighted by Crippen LogP contribution is 2.41. The molecule has 4 heterocycles. The Bertz CT molecular complexity index is 2100. The van der Waals surface area contributed by atoms with E-state index in [0.717, 1.165) is 28.1 Å². The van der Waals surface area contributed by atoms with Gasteiger partial charge in [0.15, 0.2) is 17.1 Å². The molecule has 6 heteroatoms. The molecule has 0 atom stereocenters. The van der Waals surface area contributed by atoms with Gasteiger partial charge in [-0.3, -0.25) is 4.57 Å². The summed E-state index contributed by atoms with van der Waals surface area (Å²) in [6, 6.07) is 32.0. The fourth-order valence-corrected chi connectivity index (χ4v) is 5.46. The van der Waals surface area contributed by atoms with E-state index in [4.69, 9.17) is 4.98 Å². The minimum atomic E-state index is 0.528. The van der Waals surface area contributed by atoms with E-state index in [2.05, 4.69) is 115 Å². The summed E-state index contributed by atoms with van der Waals surface area (Å²) < 4.78 is 4.56. The molecule has 4 aromatic carbocycles. The number of nitrogens with zero attached hydrogens (tertiary/aromatic N) is 6. The second-order valence-electron chi connectivity index (χ2n) is 8.83. The lowest BCUT2D eigenvalue weighted by Gasteiger charge is -2.09. The van der Waals surface area contributed by atoms with Gasteiger partial charge >= 0.3 is 0 Å². The zero-order valence-corrected chi connectivity index (χ0v) is 19.1. The summed E-state index contributed by atoms with van der Waals surface area (Å²) in [7, 11) is 0. The zero-order valence-electron chi connectivity index (χ0n) is 19.1. The second kappa shape index (κ2) is 7.20. The molecule has 8 aromatic rings. The van der Waals surface area contributed by atoms with Crippen molar-refractivity contribution in [2.24, 2.45) is 0 Å². The summed E-state index contributed by atoms with van der Waals surface area (Å²) in [4.78, 5) is 18.2. The van der Waals surface area contributed by atoms with E-state index in [1.165, 1.54) is 27.1 Å². The second-order valence-corrected chi connectivity index (χ2v) is 8.83. The number of hydrogen-bond donors (Lipinski definition) is 0. The number of fused-ring (bicyclic) bond motifs is 8. The van der Waals surface area contributed by atoms with Crippen molar-refractivity contribution in [3.8, 4) is 11.5 Å². The fraction of sp³-hybridized carbons (Fsp3) is 0. The van der Waals surface area contributed by atoms with E-state index >= 15 is 0 Å². The Morgan fingerprint density at radius 2 is 1.19 bits per heavy atom. The smallest absolute Gasteiger partial charge is 0.199 e. The standard InChI is InChI=1S/C30H18N6/c1-2-8-19(9-3-1)35-24-13-7-5-11-22(24)27-25(35)15-14-21-20-10-4-6-12-23(20)36(28(21)27)26-18-33-29-30(34-26)32-17-16-31-29/h1-18H. The van der Waals surface area contributed by atoms with E-state index in [0.29, 0.717) is 11.3 Å². The van der Waals surface area contributed by atoms with Gasteiger partial charge in [-0.25, -0.2) is 19.9 Å². The van der Waals surface area contributed by atoms with E-state index in [1.54, 1.807) is 18.6 Å². The molecule has 8 rings (SSSR count). The molecule has 36 heavy (non-hydrogen) atoms. The molecule has 0 aliphatic carbocycles. The van der Waals surface area contributed by atoms with Gasteiger partial charge in [-0.05, 0) is 30.3 Å². The molecule has 4 aromatic heterocycles. The van der Waals surface area contributed by atoms with Crippen molar-refractivity contribution in [1.82, 2.24) is 29.1 Å². The molecular formula is C30H18N6. The highest BCUT2D eigenvalue weighted by Gasteiger charge is 2.21. The van der Waals surface area contributed by atoms with Crippen LogP contribution in [0.15, 0.2) is 110 Å². The van der Waals surface area contributed by atoms with Crippen molar-refractivity contribution >= 4 is 54.9 Å². The van der Waals surface area contributed by atoms with Crippen LogP contribution in [0.1, 0.15) is 0 Å². The Hall–Kier alpha value is -5.10. The van der Waals surface area contributed by atoms with Gasteiger partial charge in [0.2, 0.25) is 0 Å².